The van der Waals surface area contributed by atoms with Crippen LogP contribution >= 0.6 is 22.6 Å². The number of aliphatic hydroxyl groups is 1. The molecule has 4 nitrogen and oxygen atoms in total. The van der Waals surface area contributed by atoms with E-state index in [1.807, 2.05) is 0 Å². The number of benzene rings is 1. The highest BCUT2D eigenvalue weighted by atomic mass is 127. The molecule has 1 atom stereocenters. The molecular weight excluding hydrogens is 353 g/mol. The van der Waals surface area contributed by atoms with Crippen molar-refractivity contribution in [3.05, 3.63) is 27.8 Å². The van der Waals surface area contributed by atoms with Crippen LogP contribution in [0.25, 0.3) is 0 Å². The standard InChI is InChI=1S/C11H16INO3S/c1-9(14)7-8-13(2)17(15,16)11-5-3-10(12)4-6-11/h3-6,9,14H,7-8H2,1-2H3. The van der Waals surface area contributed by atoms with Crippen LogP contribution in [0, 0.1) is 3.57 Å². The van der Waals surface area contributed by atoms with E-state index < -0.39 is 16.1 Å². The first-order valence-corrected chi connectivity index (χ1v) is 7.76. The number of aliphatic hydroxyl groups excluding tert-OH is 1. The molecule has 0 saturated heterocycles. The van der Waals surface area contributed by atoms with Gasteiger partial charge in [0.15, 0.2) is 0 Å². The van der Waals surface area contributed by atoms with Gasteiger partial charge in [-0.15, -0.1) is 0 Å². The molecule has 1 rings (SSSR count). The molecule has 0 bridgehead atoms. The van der Waals surface area contributed by atoms with Crippen molar-refractivity contribution >= 4 is 32.6 Å². The summed E-state index contributed by atoms with van der Waals surface area (Å²) in [6.45, 7) is 1.96. The number of nitrogens with zero attached hydrogens (tertiary/aromatic N) is 1. The lowest BCUT2D eigenvalue weighted by atomic mass is 10.3. The van der Waals surface area contributed by atoms with E-state index in [0.29, 0.717) is 13.0 Å². The van der Waals surface area contributed by atoms with Crippen molar-refractivity contribution in [3.8, 4) is 0 Å². The van der Waals surface area contributed by atoms with Gasteiger partial charge in [-0.25, -0.2) is 12.7 Å². The summed E-state index contributed by atoms with van der Waals surface area (Å²) in [5.41, 5.74) is 0. The average molecular weight is 369 g/mol. The largest absolute Gasteiger partial charge is 0.393 e. The fourth-order valence-corrected chi connectivity index (χ4v) is 2.82. The summed E-state index contributed by atoms with van der Waals surface area (Å²) >= 11 is 2.13. The summed E-state index contributed by atoms with van der Waals surface area (Å²) in [4.78, 5) is 0.283. The van der Waals surface area contributed by atoms with Gasteiger partial charge in [-0.2, -0.15) is 0 Å². The van der Waals surface area contributed by atoms with Gasteiger partial charge < -0.3 is 5.11 Å². The van der Waals surface area contributed by atoms with Crippen LogP contribution in [0.4, 0.5) is 0 Å². The van der Waals surface area contributed by atoms with Crippen LogP contribution in [0.3, 0.4) is 0 Å². The molecule has 0 aliphatic carbocycles. The molecule has 1 aromatic carbocycles. The number of sulfonamides is 1. The molecule has 1 unspecified atom stereocenters. The Labute approximate surface area is 116 Å². The van der Waals surface area contributed by atoms with Crippen LogP contribution < -0.4 is 0 Å². The molecule has 0 heterocycles. The second-order valence-corrected chi connectivity index (χ2v) is 7.21. The predicted molar refractivity (Wildman–Crippen MR) is 75.3 cm³/mol. The summed E-state index contributed by atoms with van der Waals surface area (Å²) in [6, 6.07) is 6.71. The third-order valence-corrected chi connectivity index (χ3v) is 4.97. The molecule has 0 amide bonds. The predicted octanol–water partition coefficient (Wildman–Crippen LogP) is 1.68. The van der Waals surface area contributed by atoms with Gasteiger partial charge >= 0.3 is 0 Å². The van der Waals surface area contributed by atoms with Gasteiger partial charge in [0, 0.05) is 17.2 Å². The lowest BCUT2D eigenvalue weighted by Gasteiger charge is -2.17. The van der Waals surface area contributed by atoms with E-state index in [1.54, 1.807) is 31.2 Å². The Kier molecular flexibility index (Phi) is 5.36. The monoisotopic (exact) mass is 369 g/mol. The molecule has 1 aromatic rings. The third kappa shape index (κ3) is 4.20. The van der Waals surface area contributed by atoms with Crippen LogP contribution in [0.15, 0.2) is 29.2 Å². The van der Waals surface area contributed by atoms with Gasteiger partial charge in [-0.05, 0) is 60.2 Å². The number of hydrogen-bond donors (Lipinski definition) is 1. The Hall–Kier alpha value is -0.180. The van der Waals surface area contributed by atoms with Gasteiger partial charge in [0.1, 0.15) is 0 Å². The molecular formula is C11H16INO3S. The summed E-state index contributed by atoms with van der Waals surface area (Å²) in [7, 11) is -1.91. The maximum absolute atomic E-state index is 12.1. The first-order valence-electron chi connectivity index (χ1n) is 5.24. The van der Waals surface area contributed by atoms with Crippen molar-refractivity contribution in [3.63, 3.8) is 0 Å². The Morgan fingerprint density at radius 1 is 1.35 bits per heavy atom. The Morgan fingerprint density at radius 3 is 2.35 bits per heavy atom. The van der Waals surface area contributed by atoms with E-state index in [-0.39, 0.29) is 4.90 Å². The first-order chi connectivity index (χ1) is 7.84. The topological polar surface area (TPSA) is 57.6 Å². The second-order valence-electron chi connectivity index (χ2n) is 3.92. The third-order valence-electron chi connectivity index (χ3n) is 2.38. The van der Waals surface area contributed by atoms with E-state index in [9.17, 15) is 8.42 Å². The molecule has 0 saturated carbocycles. The van der Waals surface area contributed by atoms with Crippen molar-refractivity contribution < 1.29 is 13.5 Å². The summed E-state index contributed by atoms with van der Waals surface area (Å²) < 4.78 is 26.5. The van der Waals surface area contributed by atoms with Crippen molar-refractivity contribution in [2.45, 2.75) is 24.3 Å². The van der Waals surface area contributed by atoms with Gasteiger partial charge in [0.25, 0.3) is 0 Å². The molecule has 0 aromatic heterocycles. The normalized spacial score (nSPS) is 13.9. The zero-order valence-electron chi connectivity index (χ0n) is 9.80. The van der Waals surface area contributed by atoms with Crippen LogP contribution in [0.2, 0.25) is 0 Å². The van der Waals surface area contributed by atoms with Crippen LogP contribution in [-0.4, -0.2) is 37.5 Å². The van der Waals surface area contributed by atoms with E-state index >= 15 is 0 Å². The average Bonchev–Trinajstić information content (AvgIpc) is 2.26. The van der Waals surface area contributed by atoms with Crippen molar-refractivity contribution in [1.29, 1.82) is 0 Å². The minimum Gasteiger partial charge on any atom is -0.393 e. The highest BCUT2D eigenvalue weighted by Crippen LogP contribution is 2.16. The lowest BCUT2D eigenvalue weighted by Crippen LogP contribution is -2.29. The van der Waals surface area contributed by atoms with E-state index in [1.165, 1.54) is 11.4 Å². The quantitative estimate of drug-likeness (QED) is 0.804. The molecule has 1 N–H and O–H groups in total. The molecule has 6 heteroatoms. The van der Waals surface area contributed by atoms with E-state index in [2.05, 4.69) is 22.6 Å². The highest BCUT2D eigenvalue weighted by Gasteiger charge is 2.20. The minimum absolute atomic E-state index is 0.283. The summed E-state index contributed by atoms with van der Waals surface area (Å²) in [5, 5.41) is 9.15. The molecule has 0 fully saturated rings. The van der Waals surface area contributed by atoms with Crippen molar-refractivity contribution in [2.75, 3.05) is 13.6 Å². The molecule has 0 spiro atoms. The Balaban J connectivity index is 2.84. The van der Waals surface area contributed by atoms with E-state index in [4.69, 9.17) is 5.11 Å². The fourth-order valence-electron chi connectivity index (χ4n) is 1.28. The molecule has 0 aliphatic rings. The molecule has 96 valence electrons. The Bertz CT molecular complexity index is 456. The van der Waals surface area contributed by atoms with Gasteiger partial charge in [0.05, 0.1) is 11.0 Å². The zero-order chi connectivity index (χ0) is 13.1. The lowest BCUT2D eigenvalue weighted by molar-refractivity contribution is 0.177. The zero-order valence-corrected chi connectivity index (χ0v) is 12.8. The van der Waals surface area contributed by atoms with E-state index in [0.717, 1.165) is 3.57 Å². The maximum atomic E-state index is 12.1. The molecule has 0 radical (unpaired) electrons. The maximum Gasteiger partial charge on any atom is 0.242 e. The second kappa shape index (κ2) is 6.12. The van der Waals surface area contributed by atoms with Gasteiger partial charge in [-0.3, -0.25) is 0 Å². The van der Waals surface area contributed by atoms with Crippen molar-refractivity contribution in [1.82, 2.24) is 4.31 Å². The van der Waals surface area contributed by atoms with Crippen LogP contribution in [0.5, 0.6) is 0 Å². The number of hydrogen-bond acceptors (Lipinski definition) is 3. The molecule has 17 heavy (non-hydrogen) atoms. The highest BCUT2D eigenvalue weighted by molar-refractivity contribution is 14.1. The first kappa shape index (κ1) is 14.9. The minimum atomic E-state index is -3.43. The Morgan fingerprint density at radius 2 is 1.88 bits per heavy atom. The van der Waals surface area contributed by atoms with Crippen LogP contribution in [0.1, 0.15) is 13.3 Å². The van der Waals surface area contributed by atoms with Crippen LogP contribution in [-0.2, 0) is 10.0 Å². The summed E-state index contributed by atoms with van der Waals surface area (Å²) in [6.07, 6.45) is -0.0653. The summed E-state index contributed by atoms with van der Waals surface area (Å²) in [5.74, 6) is 0. The smallest absolute Gasteiger partial charge is 0.242 e. The number of rotatable bonds is 5. The number of halogens is 1. The molecule has 0 aliphatic heterocycles. The SMILES string of the molecule is CC(O)CCN(C)S(=O)(=O)c1ccc(I)cc1. The fraction of sp³-hybridized carbons (Fsp3) is 0.455. The van der Waals surface area contributed by atoms with Gasteiger partial charge in [-0.1, -0.05) is 0 Å². The van der Waals surface area contributed by atoms with Gasteiger partial charge in [0.2, 0.25) is 10.0 Å². The van der Waals surface area contributed by atoms with Crippen molar-refractivity contribution in [2.24, 2.45) is 0 Å².